The van der Waals surface area contributed by atoms with Crippen LogP contribution >= 0.6 is 0 Å². The molecule has 0 bridgehead atoms. The van der Waals surface area contributed by atoms with E-state index in [1.807, 2.05) is 0 Å². The maximum atomic E-state index is 11.8. The second-order valence-corrected chi connectivity index (χ2v) is 2.24. The molecule has 1 unspecified atom stereocenters. The zero-order valence-electron chi connectivity index (χ0n) is 5.15. The minimum atomic E-state index is -2.29. The molecule has 1 rings (SSSR count). The summed E-state index contributed by atoms with van der Waals surface area (Å²) in [5, 5.41) is 0. The highest BCUT2D eigenvalue weighted by Crippen LogP contribution is 2.18. The Morgan fingerprint density at radius 2 is 2.11 bits per heavy atom. The summed E-state index contributed by atoms with van der Waals surface area (Å²) in [7, 11) is 0. The molecule has 0 aromatic carbocycles. The van der Waals surface area contributed by atoms with Gasteiger partial charge in [0, 0.05) is 6.61 Å². The van der Waals surface area contributed by atoms with E-state index in [4.69, 9.17) is 4.74 Å². The normalized spacial score (nSPS) is 29.0. The first kappa shape index (κ1) is 6.93. The third-order valence-corrected chi connectivity index (χ3v) is 1.50. The number of halogens is 2. The van der Waals surface area contributed by atoms with Crippen molar-refractivity contribution >= 4 is 0 Å². The molecule has 1 nitrogen and oxygen atoms in total. The maximum absolute atomic E-state index is 11.8. The minimum absolute atomic E-state index is 0.509. The van der Waals surface area contributed by atoms with E-state index in [9.17, 15) is 8.78 Å². The lowest BCUT2D eigenvalue weighted by Gasteiger charge is -2.21. The van der Waals surface area contributed by atoms with E-state index in [2.05, 4.69) is 0 Å². The van der Waals surface area contributed by atoms with Gasteiger partial charge in [0.15, 0.2) is 0 Å². The van der Waals surface area contributed by atoms with Crippen molar-refractivity contribution in [2.24, 2.45) is 0 Å². The van der Waals surface area contributed by atoms with Crippen LogP contribution in [-0.4, -0.2) is 19.1 Å². The summed E-state index contributed by atoms with van der Waals surface area (Å²) in [6.07, 6.45) is -0.723. The van der Waals surface area contributed by atoms with Crippen LogP contribution in [0.25, 0.3) is 0 Å². The molecule has 1 fully saturated rings. The van der Waals surface area contributed by atoms with Gasteiger partial charge in [0.25, 0.3) is 6.43 Å². The van der Waals surface area contributed by atoms with Crippen LogP contribution in [0.1, 0.15) is 19.3 Å². The predicted molar refractivity (Wildman–Crippen MR) is 29.6 cm³/mol. The van der Waals surface area contributed by atoms with Crippen LogP contribution in [0.5, 0.6) is 0 Å². The minimum Gasteiger partial charge on any atom is -0.372 e. The fraction of sp³-hybridized carbons (Fsp3) is 1.00. The molecule has 0 aromatic rings. The summed E-state index contributed by atoms with van der Waals surface area (Å²) < 4.78 is 28.4. The molecule has 0 saturated carbocycles. The molecule has 0 amide bonds. The van der Waals surface area contributed by atoms with Gasteiger partial charge in [-0.25, -0.2) is 8.78 Å². The van der Waals surface area contributed by atoms with Crippen LogP contribution in [0.3, 0.4) is 0 Å². The molecule has 0 spiro atoms. The van der Waals surface area contributed by atoms with Gasteiger partial charge in [0.05, 0.1) is 0 Å². The predicted octanol–water partition coefficient (Wildman–Crippen LogP) is 1.82. The molecular weight excluding hydrogens is 126 g/mol. The molecule has 0 radical (unpaired) electrons. The molecule has 0 N–H and O–H groups in total. The quantitative estimate of drug-likeness (QED) is 0.534. The molecule has 54 valence electrons. The highest BCUT2D eigenvalue weighted by atomic mass is 19.3. The number of hydrogen-bond acceptors (Lipinski definition) is 1. The maximum Gasteiger partial charge on any atom is 0.264 e. The molecular formula is C6H10F2O. The molecule has 3 heteroatoms. The van der Waals surface area contributed by atoms with Crippen LogP contribution in [0, 0.1) is 0 Å². The molecule has 1 saturated heterocycles. The summed E-state index contributed by atoms with van der Waals surface area (Å²) in [4.78, 5) is 0. The summed E-state index contributed by atoms with van der Waals surface area (Å²) in [5.41, 5.74) is 0. The van der Waals surface area contributed by atoms with Gasteiger partial charge in [0.2, 0.25) is 0 Å². The van der Waals surface area contributed by atoms with E-state index in [1.165, 1.54) is 0 Å². The zero-order chi connectivity index (χ0) is 6.69. The highest BCUT2D eigenvalue weighted by molar-refractivity contribution is 4.64. The van der Waals surface area contributed by atoms with E-state index in [0.29, 0.717) is 13.0 Å². The summed E-state index contributed by atoms with van der Waals surface area (Å²) in [5.74, 6) is 0. The molecule has 1 aliphatic rings. The first-order valence-electron chi connectivity index (χ1n) is 3.20. The summed E-state index contributed by atoms with van der Waals surface area (Å²) in [6, 6.07) is 0. The Kier molecular flexibility index (Phi) is 2.39. The number of rotatable bonds is 1. The Hall–Kier alpha value is -0.180. The van der Waals surface area contributed by atoms with Gasteiger partial charge in [0.1, 0.15) is 6.10 Å². The number of alkyl halides is 2. The first-order valence-corrected chi connectivity index (χ1v) is 3.20. The van der Waals surface area contributed by atoms with E-state index in [-0.39, 0.29) is 0 Å². The lowest BCUT2D eigenvalue weighted by Crippen LogP contribution is -2.26. The molecule has 1 atom stereocenters. The Bertz CT molecular complexity index is 79.1. The average molecular weight is 136 g/mol. The van der Waals surface area contributed by atoms with Crippen LogP contribution in [-0.2, 0) is 4.74 Å². The van der Waals surface area contributed by atoms with Gasteiger partial charge in [-0.2, -0.15) is 0 Å². The first-order chi connectivity index (χ1) is 4.30. The van der Waals surface area contributed by atoms with Crippen LogP contribution in [0.15, 0.2) is 0 Å². The molecule has 1 aliphatic heterocycles. The standard InChI is InChI=1S/C6H10F2O/c7-6(8)5-3-1-2-4-9-5/h5-6H,1-4H2. The van der Waals surface area contributed by atoms with Gasteiger partial charge >= 0.3 is 0 Å². The topological polar surface area (TPSA) is 9.23 Å². The SMILES string of the molecule is FC(F)C1CCCCO1. The van der Waals surface area contributed by atoms with E-state index in [1.54, 1.807) is 0 Å². The van der Waals surface area contributed by atoms with E-state index in [0.717, 1.165) is 12.8 Å². The smallest absolute Gasteiger partial charge is 0.264 e. The van der Waals surface area contributed by atoms with E-state index >= 15 is 0 Å². The van der Waals surface area contributed by atoms with Gasteiger partial charge in [-0.05, 0) is 19.3 Å². The van der Waals surface area contributed by atoms with Crippen molar-refractivity contribution in [3.63, 3.8) is 0 Å². The third kappa shape index (κ3) is 1.90. The number of hydrogen-bond donors (Lipinski definition) is 0. The van der Waals surface area contributed by atoms with Gasteiger partial charge < -0.3 is 4.74 Å². The Morgan fingerprint density at radius 3 is 2.44 bits per heavy atom. The molecule has 1 heterocycles. The fourth-order valence-corrected chi connectivity index (χ4v) is 0.964. The summed E-state index contributed by atoms with van der Waals surface area (Å²) in [6.45, 7) is 0.509. The van der Waals surface area contributed by atoms with Crippen molar-refractivity contribution in [1.82, 2.24) is 0 Å². The van der Waals surface area contributed by atoms with Crippen LogP contribution in [0.4, 0.5) is 8.78 Å². The lowest BCUT2D eigenvalue weighted by atomic mass is 10.1. The monoisotopic (exact) mass is 136 g/mol. The van der Waals surface area contributed by atoms with Crippen molar-refractivity contribution in [2.75, 3.05) is 6.61 Å². The van der Waals surface area contributed by atoms with Crippen molar-refractivity contribution in [2.45, 2.75) is 31.8 Å². The van der Waals surface area contributed by atoms with Crippen LogP contribution < -0.4 is 0 Å². The second kappa shape index (κ2) is 3.11. The van der Waals surface area contributed by atoms with Crippen molar-refractivity contribution in [3.8, 4) is 0 Å². The van der Waals surface area contributed by atoms with Crippen molar-refractivity contribution < 1.29 is 13.5 Å². The average Bonchev–Trinajstić information content (AvgIpc) is 1.90. The second-order valence-electron chi connectivity index (χ2n) is 2.24. The molecule has 9 heavy (non-hydrogen) atoms. The Morgan fingerprint density at radius 1 is 1.33 bits per heavy atom. The van der Waals surface area contributed by atoms with E-state index < -0.39 is 12.5 Å². The van der Waals surface area contributed by atoms with Gasteiger partial charge in [-0.1, -0.05) is 0 Å². The van der Waals surface area contributed by atoms with Crippen molar-refractivity contribution in [1.29, 1.82) is 0 Å². The number of ether oxygens (including phenoxy) is 1. The largest absolute Gasteiger partial charge is 0.372 e. The third-order valence-electron chi connectivity index (χ3n) is 1.50. The highest BCUT2D eigenvalue weighted by Gasteiger charge is 2.22. The zero-order valence-corrected chi connectivity index (χ0v) is 5.15. The van der Waals surface area contributed by atoms with Gasteiger partial charge in [-0.15, -0.1) is 0 Å². The summed E-state index contributed by atoms with van der Waals surface area (Å²) >= 11 is 0. The van der Waals surface area contributed by atoms with Crippen LogP contribution in [0.2, 0.25) is 0 Å². The molecule has 0 aromatic heterocycles. The lowest BCUT2D eigenvalue weighted by molar-refractivity contribution is -0.0779. The molecule has 0 aliphatic carbocycles. The van der Waals surface area contributed by atoms with Gasteiger partial charge in [-0.3, -0.25) is 0 Å². The Balaban J connectivity index is 2.23. The Labute approximate surface area is 53.0 Å². The van der Waals surface area contributed by atoms with Crippen molar-refractivity contribution in [3.05, 3.63) is 0 Å². The fourth-order valence-electron chi connectivity index (χ4n) is 0.964.